The van der Waals surface area contributed by atoms with Gasteiger partial charge in [0.1, 0.15) is 5.82 Å². The smallest absolute Gasteiger partial charge is 0.357 e. The minimum absolute atomic E-state index is 0. The van der Waals surface area contributed by atoms with E-state index in [0.29, 0.717) is 29.8 Å². The molecular formula is C17H25F3IN7O2S. The number of halogens is 4. The van der Waals surface area contributed by atoms with E-state index in [9.17, 15) is 21.6 Å². The van der Waals surface area contributed by atoms with Gasteiger partial charge in [-0.1, -0.05) is 6.07 Å². The van der Waals surface area contributed by atoms with E-state index >= 15 is 0 Å². The molecule has 0 saturated carbocycles. The van der Waals surface area contributed by atoms with Gasteiger partial charge < -0.3 is 10.6 Å². The molecule has 0 bridgehead atoms. The molecule has 0 radical (unpaired) electrons. The molecule has 31 heavy (non-hydrogen) atoms. The first-order chi connectivity index (χ1) is 14.2. The highest BCUT2D eigenvalue weighted by molar-refractivity contribution is 14.0. The zero-order valence-corrected chi connectivity index (χ0v) is 20.0. The Labute approximate surface area is 195 Å². The zero-order chi connectivity index (χ0) is 21.8. The highest BCUT2D eigenvalue weighted by atomic mass is 127. The average molecular weight is 575 g/mol. The third-order valence-corrected chi connectivity index (χ3v) is 6.39. The van der Waals surface area contributed by atoms with Gasteiger partial charge in [-0.3, -0.25) is 9.39 Å². The van der Waals surface area contributed by atoms with Crippen molar-refractivity contribution in [2.45, 2.75) is 37.7 Å². The van der Waals surface area contributed by atoms with E-state index in [1.807, 2.05) is 35.7 Å². The van der Waals surface area contributed by atoms with Crippen molar-refractivity contribution in [1.82, 2.24) is 29.5 Å². The van der Waals surface area contributed by atoms with Gasteiger partial charge in [-0.25, -0.2) is 8.42 Å². The predicted molar refractivity (Wildman–Crippen MR) is 121 cm³/mol. The normalized spacial score (nSPS) is 16.8. The number of hydrogen-bond donors (Lipinski definition) is 2. The summed E-state index contributed by atoms with van der Waals surface area (Å²) in [5.74, 6) is 1.30. The Morgan fingerprint density at radius 3 is 2.61 bits per heavy atom. The number of aromatic nitrogens is 3. The van der Waals surface area contributed by atoms with E-state index in [1.165, 1.54) is 0 Å². The quantitative estimate of drug-likeness (QED) is 0.309. The molecule has 1 fully saturated rings. The van der Waals surface area contributed by atoms with Crippen LogP contribution in [0.25, 0.3) is 5.65 Å². The molecule has 14 heteroatoms. The van der Waals surface area contributed by atoms with Gasteiger partial charge in [0.25, 0.3) is 0 Å². The number of pyridine rings is 1. The van der Waals surface area contributed by atoms with Gasteiger partial charge in [-0.2, -0.15) is 17.5 Å². The molecule has 9 nitrogen and oxygen atoms in total. The van der Waals surface area contributed by atoms with Crippen molar-refractivity contribution < 1.29 is 21.6 Å². The summed E-state index contributed by atoms with van der Waals surface area (Å²) in [6, 6.07) is 5.46. The maximum absolute atomic E-state index is 12.7. The van der Waals surface area contributed by atoms with Gasteiger partial charge in [0.2, 0.25) is 0 Å². The van der Waals surface area contributed by atoms with Crippen molar-refractivity contribution in [1.29, 1.82) is 0 Å². The first kappa shape index (κ1) is 25.6. The summed E-state index contributed by atoms with van der Waals surface area (Å²) in [6.45, 7) is 2.57. The first-order valence-corrected chi connectivity index (χ1v) is 11.1. The molecule has 1 aliphatic rings. The van der Waals surface area contributed by atoms with E-state index in [-0.39, 0.29) is 55.9 Å². The molecule has 0 amide bonds. The first-order valence-electron chi connectivity index (χ1n) is 9.62. The Hall–Kier alpha value is -1.68. The molecular weight excluding hydrogens is 550 g/mol. The molecule has 0 spiro atoms. The van der Waals surface area contributed by atoms with E-state index < -0.39 is 15.5 Å². The summed E-state index contributed by atoms with van der Waals surface area (Å²) < 4.78 is 63.5. The van der Waals surface area contributed by atoms with Crippen molar-refractivity contribution in [3.63, 3.8) is 0 Å². The lowest BCUT2D eigenvalue weighted by molar-refractivity contribution is -0.0494. The fourth-order valence-electron chi connectivity index (χ4n) is 3.23. The number of nitrogens with zero attached hydrogens (tertiary/aromatic N) is 5. The van der Waals surface area contributed by atoms with Crippen LogP contribution in [-0.2, 0) is 16.4 Å². The predicted octanol–water partition coefficient (Wildman–Crippen LogP) is 1.76. The van der Waals surface area contributed by atoms with Crippen LogP contribution in [0.3, 0.4) is 0 Å². The van der Waals surface area contributed by atoms with Crippen molar-refractivity contribution in [2.75, 3.05) is 26.2 Å². The Morgan fingerprint density at radius 1 is 1.26 bits per heavy atom. The molecule has 174 valence electrons. The van der Waals surface area contributed by atoms with Gasteiger partial charge in [-0.15, -0.1) is 34.2 Å². The maximum atomic E-state index is 12.7. The lowest BCUT2D eigenvalue weighted by Gasteiger charge is -2.32. The summed E-state index contributed by atoms with van der Waals surface area (Å²) in [5.41, 5.74) is -4.52. The van der Waals surface area contributed by atoms with Crippen molar-refractivity contribution in [3.05, 3.63) is 30.2 Å². The van der Waals surface area contributed by atoms with Gasteiger partial charge in [0.15, 0.2) is 11.6 Å². The Morgan fingerprint density at radius 2 is 1.97 bits per heavy atom. The summed E-state index contributed by atoms with van der Waals surface area (Å²) in [7, 11) is -5.27. The number of fused-ring (bicyclic) bond motifs is 1. The molecule has 0 atom stereocenters. The summed E-state index contributed by atoms with van der Waals surface area (Å²) in [4.78, 5) is 4.50. The van der Waals surface area contributed by atoms with E-state index in [0.717, 1.165) is 11.5 Å². The molecule has 3 rings (SSSR count). The average Bonchev–Trinajstić information content (AvgIpc) is 3.11. The summed E-state index contributed by atoms with van der Waals surface area (Å²) >= 11 is 0. The van der Waals surface area contributed by atoms with Gasteiger partial charge >= 0.3 is 15.5 Å². The molecule has 1 aliphatic heterocycles. The molecule has 2 aromatic heterocycles. The van der Waals surface area contributed by atoms with Crippen LogP contribution in [0.1, 0.15) is 25.6 Å². The van der Waals surface area contributed by atoms with Crippen LogP contribution in [0.15, 0.2) is 29.4 Å². The molecule has 3 heterocycles. The van der Waals surface area contributed by atoms with Crippen LogP contribution >= 0.6 is 24.0 Å². The minimum atomic E-state index is -5.27. The second-order valence-corrected chi connectivity index (χ2v) is 8.75. The number of sulfonamides is 1. The van der Waals surface area contributed by atoms with E-state index in [1.54, 1.807) is 0 Å². The van der Waals surface area contributed by atoms with Crippen LogP contribution in [0.2, 0.25) is 0 Å². The molecule has 0 aromatic carbocycles. The van der Waals surface area contributed by atoms with E-state index in [4.69, 9.17) is 0 Å². The van der Waals surface area contributed by atoms with Crippen LogP contribution in [-0.4, -0.2) is 71.0 Å². The third kappa shape index (κ3) is 6.19. The van der Waals surface area contributed by atoms with Crippen LogP contribution in [0, 0.1) is 0 Å². The Balaban J connectivity index is 0.00000341. The molecule has 2 N–H and O–H groups in total. The van der Waals surface area contributed by atoms with Gasteiger partial charge in [0, 0.05) is 44.8 Å². The molecule has 2 aromatic rings. The number of guanidine groups is 1. The monoisotopic (exact) mass is 575 g/mol. The lowest BCUT2D eigenvalue weighted by atomic mass is 10.1. The fourth-order valence-corrected chi connectivity index (χ4v) is 4.21. The van der Waals surface area contributed by atoms with Crippen LogP contribution in [0.5, 0.6) is 0 Å². The number of piperidine rings is 1. The number of aliphatic imine (C=N–C) groups is 1. The fraction of sp³-hybridized carbons (Fsp3) is 0.588. The molecule has 1 saturated heterocycles. The third-order valence-electron chi connectivity index (χ3n) is 4.76. The van der Waals surface area contributed by atoms with E-state index in [2.05, 4.69) is 25.8 Å². The highest BCUT2D eigenvalue weighted by Crippen LogP contribution is 2.28. The summed E-state index contributed by atoms with van der Waals surface area (Å²) in [5, 5.41) is 14.5. The number of rotatable bonds is 6. The molecule has 0 aliphatic carbocycles. The Kier molecular flexibility index (Phi) is 8.88. The SMILES string of the molecule is CCNC(=NCCc1nnc2ccccn12)NC1CCN(S(=O)(=O)C(F)(F)F)CC1.I. The number of alkyl halides is 3. The Bertz CT molecular complexity index is 989. The lowest BCUT2D eigenvalue weighted by Crippen LogP contribution is -2.51. The highest BCUT2D eigenvalue weighted by Gasteiger charge is 2.50. The van der Waals surface area contributed by atoms with Gasteiger partial charge in [0.05, 0.1) is 0 Å². The standard InChI is InChI=1S/C17H24F3N7O2S.HI/c1-2-21-16(22-9-6-15-25-24-14-5-3-4-10-27(14)15)23-13-7-11-26(12-8-13)30(28,29)17(18,19)20;/h3-5,10,13H,2,6-9,11-12H2,1H3,(H2,21,22,23);1H. The second kappa shape index (κ2) is 10.8. The van der Waals surface area contributed by atoms with Crippen molar-refractivity contribution in [3.8, 4) is 0 Å². The summed E-state index contributed by atoms with van der Waals surface area (Å²) in [6.07, 6.45) is 2.95. The largest absolute Gasteiger partial charge is 0.511 e. The number of nitrogens with one attached hydrogen (secondary N) is 2. The maximum Gasteiger partial charge on any atom is 0.511 e. The number of hydrogen-bond acceptors (Lipinski definition) is 5. The minimum Gasteiger partial charge on any atom is -0.357 e. The van der Waals surface area contributed by atoms with Crippen LogP contribution in [0.4, 0.5) is 13.2 Å². The molecule has 0 unspecified atom stereocenters. The van der Waals surface area contributed by atoms with Crippen molar-refractivity contribution in [2.24, 2.45) is 4.99 Å². The zero-order valence-electron chi connectivity index (χ0n) is 16.8. The van der Waals surface area contributed by atoms with Crippen molar-refractivity contribution >= 4 is 45.6 Å². The van der Waals surface area contributed by atoms with Crippen LogP contribution < -0.4 is 10.6 Å². The second-order valence-electron chi connectivity index (χ2n) is 6.82. The topological polar surface area (TPSA) is 104 Å². The van der Waals surface area contributed by atoms with Gasteiger partial charge in [-0.05, 0) is 31.9 Å².